The third-order valence-electron chi connectivity index (χ3n) is 3.34. The SMILES string of the molecule is Cc1ccc(S(=O)(=O)N2CC(C)C(N)C2)c(Cl)c1. The van der Waals surface area contributed by atoms with Gasteiger partial charge in [0.2, 0.25) is 10.0 Å². The molecule has 2 unspecified atom stereocenters. The van der Waals surface area contributed by atoms with Gasteiger partial charge in [-0.25, -0.2) is 8.42 Å². The van der Waals surface area contributed by atoms with E-state index in [9.17, 15) is 8.42 Å². The predicted octanol–water partition coefficient (Wildman–Crippen LogP) is 1.62. The van der Waals surface area contributed by atoms with Crippen molar-refractivity contribution in [3.8, 4) is 0 Å². The zero-order chi connectivity index (χ0) is 13.5. The zero-order valence-electron chi connectivity index (χ0n) is 10.4. The predicted molar refractivity (Wildman–Crippen MR) is 72.1 cm³/mol. The first-order chi connectivity index (χ1) is 8.32. The molecule has 100 valence electrons. The van der Waals surface area contributed by atoms with Gasteiger partial charge in [0, 0.05) is 19.1 Å². The van der Waals surface area contributed by atoms with Gasteiger partial charge in [-0.2, -0.15) is 4.31 Å². The van der Waals surface area contributed by atoms with Crippen molar-refractivity contribution in [2.45, 2.75) is 24.8 Å². The maximum atomic E-state index is 12.4. The first-order valence-electron chi connectivity index (χ1n) is 5.84. The summed E-state index contributed by atoms with van der Waals surface area (Å²) in [4.78, 5) is 0.163. The highest BCUT2D eigenvalue weighted by Crippen LogP contribution is 2.28. The fourth-order valence-corrected chi connectivity index (χ4v) is 4.25. The molecule has 1 aromatic carbocycles. The monoisotopic (exact) mass is 288 g/mol. The summed E-state index contributed by atoms with van der Waals surface area (Å²) in [5, 5.41) is 0.267. The number of sulfonamides is 1. The van der Waals surface area contributed by atoms with E-state index in [1.807, 2.05) is 13.8 Å². The Hall–Kier alpha value is -0.620. The van der Waals surface area contributed by atoms with Crippen molar-refractivity contribution >= 4 is 21.6 Å². The zero-order valence-corrected chi connectivity index (χ0v) is 12.0. The molecular weight excluding hydrogens is 272 g/mol. The molecule has 2 N–H and O–H groups in total. The quantitative estimate of drug-likeness (QED) is 0.899. The van der Waals surface area contributed by atoms with Crippen LogP contribution < -0.4 is 5.73 Å². The number of benzene rings is 1. The third-order valence-corrected chi connectivity index (χ3v) is 5.66. The molecule has 18 heavy (non-hydrogen) atoms. The van der Waals surface area contributed by atoms with Crippen LogP contribution in [0.5, 0.6) is 0 Å². The highest BCUT2D eigenvalue weighted by atomic mass is 35.5. The van der Waals surface area contributed by atoms with Crippen LogP contribution in [0.15, 0.2) is 23.1 Å². The Morgan fingerprint density at radius 3 is 2.56 bits per heavy atom. The first kappa shape index (κ1) is 13.8. The van der Waals surface area contributed by atoms with Crippen LogP contribution in [-0.4, -0.2) is 31.9 Å². The molecule has 1 saturated heterocycles. The summed E-state index contributed by atoms with van der Waals surface area (Å²) in [6.07, 6.45) is 0. The summed E-state index contributed by atoms with van der Waals surface area (Å²) in [6.45, 7) is 4.63. The van der Waals surface area contributed by atoms with Crippen molar-refractivity contribution in [1.82, 2.24) is 4.31 Å². The molecule has 1 aliphatic rings. The van der Waals surface area contributed by atoms with E-state index in [4.69, 9.17) is 17.3 Å². The van der Waals surface area contributed by atoms with Crippen molar-refractivity contribution in [3.05, 3.63) is 28.8 Å². The Morgan fingerprint density at radius 1 is 1.39 bits per heavy atom. The average Bonchev–Trinajstić information content (AvgIpc) is 2.59. The number of aryl methyl sites for hydroxylation is 1. The van der Waals surface area contributed by atoms with E-state index < -0.39 is 10.0 Å². The van der Waals surface area contributed by atoms with Crippen LogP contribution in [0, 0.1) is 12.8 Å². The second-order valence-electron chi connectivity index (χ2n) is 4.90. The molecule has 2 atom stereocenters. The number of nitrogens with two attached hydrogens (primary N) is 1. The van der Waals surface area contributed by atoms with Gasteiger partial charge in [-0.05, 0) is 30.5 Å². The van der Waals surface area contributed by atoms with Crippen LogP contribution in [0.3, 0.4) is 0 Å². The van der Waals surface area contributed by atoms with Gasteiger partial charge in [-0.15, -0.1) is 0 Å². The van der Waals surface area contributed by atoms with Gasteiger partial charge < -0.3 is 5.73 Å². The smallest absolute Gasteiger partial charge is 0.244 e. The molecule has 0 aliphatic carbocycles. The molecule has 1 heterocycles. The number of hydrogen-bond acceptors (Lipinski definition) is 3. The van der Waals surface area contributed by atoms with Crippen LogP contribution in [-0.2, 0) is 10.0 Å². The summed E-state index contributed by atoms with van der Waals surface area (Å²) in [7, 11) is -3.53. The average molecular weight is 289 g/mol. The van der Waals surface area contributed by atoms with Crippen LogP contribution in [0.1, 0.15) is 12.5 Å². The van der Waals surface area contributed by atoms with Gasteiger partial charge in [0.1, 0.15) is 4.90 Å². The number of hydrogen-bond donors (Lipinski definition) is 1. The van der Waals surface area contributed by atoms with E-state index in [1.165, 1.54) is 4.31 Å². The van der Waals surface area contributed by atoms with Crippen molar-refractivity contribution in [2.75, 3.05) is 13.1 Å². The molecule has 2 rings (SSSR count). The van der Waals surface area contributed by atoms with Gasteiger partial charge in [-0.1, -0.05) is 24.6 Å². The second kappa shape index (κ2) is 4.81. The van der Waals surface area contributed by atoms with Gasteiger partial charge in [0.25, 0.3) is 0 Å². The molecule has 6 heteroatoms. The number of rotatable bonds is 2. The molecule has 1 aromatic rings. The molecule has 1 aliphatic heterocycles. The maximum Gasteiger partial charge on any atom is 0.244 e. The normalized spacial score (nSPS) is 25.6. The van der Waals surface area contributed by atoms with Crippen molar-refractivity contribution in [1.29, 1.82) is 0 Å². The molecule has 0 radical (unpaired) electrons. The fraction of sp³-hybridized carbons (Fsp3) is 0.500. The minimum atomic E-state index is -3.53. The highest BCUT2D eigenvalue weighted by molar-refractivity contribution is 7.89. The lowest BCUT2D eigenvalue weighted by Gasteiger charge is -2.17. The van der Waals surface area contributed by atoms with E-state index in [2.05, 4.69) is 0 Å². The summed E-state index contributed by atoms with van der Waals surface area (Å²) < 4.78 is 26.3. The summed E-state index contributed by atoms with van der Waals surface area (Å²) >= 11 is 6.03. The minimum Gasteiger partial charge on any atom is -0.326 e. The first-order valence-corrected chi connectivity index (χ1v) is 7.66. The minimum absolute atomic E-state index is 0.107. The molecule has 4 nitrogen and oxygen atoms in total. The molecule has 0 saturated carbocycles. The molecular formula is C12H17ClN2O2S. The third kappa shape index (κ3) is 2.40. The van der Waals surface area contributed by atoms with E-state index >= 15 is 0 Å². The topological polar surface area (TPSA) is 63.4 Å². The van der Waals surface area contributed by atoms with E-state index in [0.717, 1.165) is 5.56 Å². The maximum absolute atomic E-state index is 12.4. The fourth-order valence-electron chi connectivity index (χ4n) is 2.10. The van der Waals surface area contributed by atoms with Crippen LogP contribution in [0.25, 0.3) is 0 Å². The number of halogens is 1. The van der Waals surface area contributed by atoms with Gasteiger partial charge in [-0.3, -0.25) is 0 Å². The van der Waals surface area contributed by atoms with E-state index in [-0.39, 0.29) is 21.9 Å². The molecule has 0 bridgehead atoms. The summed E-state index contributed by atoms with van der Waals surface area (Å²) in [6, 6.07) is 4.86. The Kier molecular flexibility index (Phi) is 3.69. The highest BCUT2D eigenvalue weighted by Gasteiger charge is 2.36. The van der Waals surface area contributed by atoms with Gasteiger partial charge in [0.05, 0.1) is 5.02 Å². The number of nitrogens with zero attached hydrogens (tertiary/aromatic N) is 1. The van der Waals surface area contributed by atoms with Crippen molar-refractivity contribution < 1.29 is 8.42 Å². The Balaban J connectivity index is 2.37. The van der Waals surface area contributed by atoms with Crippen molar-refractivity contribution in [2.24, 2.45) is 11.7 Å². The largest absolute Gasteiger partial charge is 0.326 e. The van der Waals surface area contributed by atoms with Gasteiger partial charge in [0.15, 0.2) is 0 Å². The van der Waals surface area contributed by atoms with Crippen LogP contribution in [0.2, 0.25) is 5.02 Å². The van der Waals surface area contributed by atoms with Crippen molar-refractivity contribution in [3.63, 3.8) is 0 Å². The van der Waals surface area contributed by atoms with Crippen LogP contribution in [0.4, 0.5) is 0 Å². The van der Waals surface area contributed by atoms with E-state index in [1.54, 1.807) is 18.2 Å². The molecule has 0 spiro atoms. The Morgan fingerprint density at radius 2 is 2.06 bits per heavy atom. The Labute approximate surface area is 113 Å². The second-order valence-corrected chi connectivity index (χ2v) is 7.21. The van der Waals surface area contributed by atoms with Crippen LogP contribution >= 0.6 is 11.6 Å². The van der Waals surface area contributed by atoms with E-state index in [0.29, 0.717) is 13.1 Å². The summed E-state index contributed by atoms with van der Waals surface area (Å²) in [5.74, 6) is 0.170. The molecule has 0 amide bonds. The van der Waals surface area contributed by atoms with Gasteiger partial charge >= 0.3 is 0 Å². The molecule has 1 fully saturated rings. The standard InChI is InChI=1S/C12H17ClN2O2S/c1-8-3-4-12(10(13)5-8)18(16,17)15-6-9(2)11(14)7-15/h3-5,9,11H,6-7,14H2,1-2H3. The lowest BCUT2D eigenvalue weighted by atomic mass is 10.1. The lowest BCUT2D eigenvalue weighted by molar-refractivity contribution is 0.464. The summed E-state index contributed by atoms with van der Waals surface area (Å²) in [5.41, 5.74) is 6.80. The lowest BCUT2D eigenvalue weighted by Crippen LogP contribution is -2.32. The Bertz CT molecular complexity index is 549. The molecule has 0 aromatic heterocycles.